The van der Waals surface area contributed by atoms with Gasteiger partial charge in [-0.15, -0.1) is 0 Å². The predicted octanol–water partition coefficient (Wildman–Crippen LogP) is 1.69. The molecule has 0 bridgehead atoms. The summed E-state index contributed by atoms with van der Waals surface area (Å²) in [7, 11) is 1.32. The molecule has 0 atom stereocenters. The number of nitrogen functional groups attached to an aromatic ring is 1. The van der Waals surface area contributed by atoms with Crippen LogP contribution in [-0.4, -0.2) is 55.1 Å². The molecule has 0 radical (unpaired) electrons. The number of carbonyl (C=O) groups excluding carboxylic acids is 2. The Bertz CT molecular complexity index is 574. The van der Waals surface area contributed by atoms with Crippen molar-refractivity contribution < 1.29 is 18.7 Å². The SMILES string of the molecule is COC(=O)N1CCN(C(=O)c2cc(N)c(F)cc2Br)CC1. The molecule has 8 heteroatoms. The lowest BCUT2D eigenvalue weighted by Gasteiger charge is -2.34. The minimum atomic E-state index is -0.575. The maximum atomic E-state index is 13.3. The van der Waals surface area contributed by atoms with Crippen LogP contribution in [0.1, 0.15) is 10.4 Å². The zero-order valence-electron chi connectivity index (χ0n) is 11.4. The van der Waals surface area contributed by atoms with Crippen LogP contribution in [0.2, 0.25) is 0 Å². The second kappa shape index (κ2) is 6.30. The number of ether oxygens (including phenoxy) is 1. The third-order valence-electron chi connectivity index (χ3n) is 3.32. The zero-order chi connectivity index (χ0) is 15.6. The largest absolute Gasteiger partial charge is 0.453 e. The molecule has 0 aliphatic carbocycles. The van der Waals surface area contributed by atoms with Crippen molar-refractivity contribution in [2.45, 2.75) is 0 Å². The third-order valence-corrected chi connectivity index (χ3v) is 3.97. The number of piperazine rings is 1. The summed E-state index contributed by atoms with van der Waals surface area (Å²) in [5, 5.41) is 0. The van der Waals surface area contributed by atoms with E-state index in [1.165, 1.54) is 24.1 Å². The third kappa shape index (κ3) is 3.26. The topological polar surface area (TPSA) is 75.9 Å². The van der Waals surface area contributed by atoms with Gasteiger partial charge in [0.1, 0.15) is 5.82 Å². The van der Waals surface area contributed by atoms with Crippen LogP contribution in [0.4, 0.5) is 14.9 Å². The molecule has 1 aromatic rings. The number of anilines is 1. The van der Waals surface area contributed by atoms with Gasteiger partial charge >= 0.3 is 6.09 Å². The number of benzene rings is 1. The minimum Gasteiger partial charge on any atom is -0.453 e. The molecule has 114 valence electrons. The van der Waals surface area contributed by atoms with Crippen molar-refractivity contribution in [2.75, 3.05) is 39.0 Å². The molecule has 1 heterocycles. The Morgan fingerprint density at radius 1 is 1.24 bits per heavy atom. The van der Waals surface area contributed by atoms with E-state index in [9.17, 15) is 14.0 Å². The maximum absolute atomic E-state index is 13.3. The fraction of sp³-hybridized carbons (Fsp3) is 0.385. The van der Waals surface area contributed by atoms with Gasteiger partial charge in [-0.1, -0.05) is 0 Å². The summed E-state index contributed by atoms with van der Waals surface area (Å²) in [4.78, 5) is 26.9. The molecule has 1 aliphatic heterocycles. The van der Waals surface area contributed by atoms with Crippen molar-refractivity contribution in [3.63, 3.8) is 0 Å². The summed E-state index contributed by atoms with van der Waals surface area (Å²) in [6.07, 6.45) is -0.408. The van der Waals surface area contributed by atoms with Crippen molar-refractivity contribution in [3.8, 4) is 0 Å². The van der Waals surface area contributed by atoms with Crippen LogP contribution >= 0.6 is 15.9 Å². The second-order valence-corrected chi connectivity index (χ2v) is 5.46. The number of nitrogens with two attached hydrogens (primary N) is 1. The number of methoxy groups -OCH3 is 1. The van der Waals surface area contributed by atoms with E-state index in [1.807, 2.05) is 0 Å². The van der Waals surface area contributed by atoms with Crippen molar-refractivity contribution in [3.05, 3.63) is 28.0 Å². The van der Waals surface area contributed by atoms with Crippen LogP contribution in [-0.2, 0) is 4.74 Å². The van der Waals surface area contributed by atoms with Gasteiger partial charge in [-0.3, -0.25) is 4.79 Å². The highest BCUT2D eigenvalue weighted by atomic mass is 79.9. The zero-order valence-corrected chi connectivity index (χ0v) is 13.0. The molecule has 0 spiro atoms. The molecule has 0 saturated carbocycles. The van der Waals surface area contributed by atoms with Gasteiger partial charge in [-0.2, -0.15) is 0 Å². The summed E-state index contributed by atoms with van der Waals surface area (Å²) in [5.41, 5.74) is 5.73. The first-order chi connectivity index (χ1) is 9.93. The maximum Gasteiger partial charge on any atom is 0.409 e. The standard InChI is InChI=1S/C13H15BrFN3O3/c1-21-13(20)18-4-2-17(3-5-18)12(19)8-6-11(16)10(15)7-9(8)14/h6-7H,2-5,16H2,1H3. The summed E-state index contributed by atoms with van der Waals surface area (Å²) in [5.74, 6) is -0.827. The van der Waals surface area contributed by atoms with Crippen LogP contribution in [0.15, 0.2) is 16.6 Å². The lowest BCUT2D eigenvalue weighted by molar-refractivity contribution is 0.0599. The number of carbonyl (C=O) groups is 2. The first-order valence-electron chi connectivity index (χ1n) is 6.30. The van der Waals surface area contributed by atoms with Crippen LogP contribution in [0.3, 0.4) is 0 Å². The smallest absolute Gasteiger partial charge is 0.409 e. The molecular formula is C13H15BrFN3O3. The van der Waals surface area contributed by atoms with Gasteiger partial charge in [0.2, 0.25) is 0 Å². The Kier molecular flexibility index (Phi) is 4.66. The monoisotopic (exact) mass is 359 g/mol. The molecule has 2 rings (SSSR count). The van der Waals surface area contributed by atoms with Gasteiger partial charge in [0.05, 0.1) is 18.4 Å². The van der Waals surface area contributed by atoms with Crippen LogP contribution in [0, 0.1) is 5.82 Å². The van der Waals surface area contributed by atoms with Gasteiger partial charge in [0, 0.05) is 30.7 Å². The van der Waals surface area contributed by atoms with Gasteiger partial charge < -0.3 is 20.3 Å². The van der Waals surface area contributed by atoms with Crippen molar-refractivity contribution in [1.29, 1.82) is 0 Å². The molecule has 2 amide bonds. The molecule has 1 saturated heterocycles. The van der Waals surface area contributed by atoms with Crippen LogP contribution < -0.4 is 5.73 Å². The Morgan fingerprint density at radius 2 is 1.81 bits per heavy atom. The number of amides is 2. The van der Waals surface area contributed by atoms with Gasteiger partial charge in [-0.05, 0) is 28.1 Å². The van der Waals surface area contributed by atoms with Gasteiger partial charge in [-0.25, -0.2) is 9.18 Å². The molecule has 1 aliphatic rings. The molecule has 6 nitrogen and oxygen atoms in total. The van der Waals surface area contributed by atoms with Gasteiger partial charge in [0.25, 0.3) is 5.91 Å². The molecule has 0 aromatic heterocycles. The summed E-state index contributed by atoms with van der Waals surface area (Å²) in [6.45, 7) is 1.56. The minimum absolute atomic E-state index is 0.0743. The summed E-state index contributed by atoms with van der Waals surface area (Å²) >= 11 is 3.17. The number of hydrogen-bond donors (Lipinski definition) is 1. The summed E-state index contributed by atoms with van der Waals surface area (Å²) < 4.78 is 18.3. The Labute approximate surface area is 129 Å². The Hall–Kier alpha value is -1.83. The number of rotatable bonds is 1. The molecule has 2 N–H and O–H groups in total. The highest BCUT2D eigenvalue weighted by molar-refractivity contribution is 9.10. The highest BCUT2D eigenvalue weighted by Gasteiger charge is 2.26. The molecule has 1 aromatic carbocycles. The van der Waals surface area contributed by atoms with E-state index in [-0.39, 0.29) is 11.6 Å². The van der Waals surface area contributed by atoms with Crippen molar-refractivity contribution in [2.24, 2.45) is 0 Å². The number of nitrogens with zero attached hydrogens (tertiary/aromatic N) is 2. The van der Waals surface area contributed by atoms with Crippen molar-refractivity contribution >= 4 is 33.6 Å². The highest BCUT2D eigenvalue weighted by Crippen LogP contribution is 2.24. The average molecular weight is 360 g/mol. The Morgan fingerprint density at radius 3 is 2.38 bits per heavy atom. The molecule has 0 unspecified atom stereocenters. The Balaban J connectivity index is 2.09. The fourth-order valence-corrected chi connectivity index (χ4v) is 2.61. The second-order valence-electron chi connectivity index (χ2n) is 4.60. The molecule has 1 fully saturated rings. The fourth-order valence-electron chi connectivity index (χ4n) is 2.12. The van der Waals surface area contributed by atoms with E-state index >= 15 is 0 Å². The lowest BCUT2D eigenvalue weighted by Crippen LogP contribution is -2.50. The first-order valence-corrected chi connectivity index (χ1v) is 7.10. The van der Waals surface area contributed by atoms with E-state index < -0.39 is 11.9 Å². The number of hydrogen-bond acceptors (Lipinski definition) is 4. The van der Waals surface area contributed by atoms with E-state index in [4.69, 9.17) is 5.73 Å². The molecular weight excluding hydrogens is 345 g/mol. The predicted molar refractivity (Wildman–Crippen MR) is 78.4 cm³/mol. The van der Waals surface area contributed by atoms with Crippen LogP contribution in [0.25, 0.3) is 0 Å². The average Bonchev–Trinajstić information content (AvgIpc) is 2.49. The van der Waals surface area contributed by atoms with Crippen molar-refractivity contribution in [1.82, 2.24) is 9.80 Å². The van der Waals surface area contributed by atoms with E-state index in [1.54, 1.807) is 4.90 Å². The quantitative estimate of drug-likeness (QED) is 0.774. The van der Waals surface area contributed by atoms with E-state index in [0.717, 1.165) is 0 Å². The summed E-state index contributed by atoms with van der Waals surface area (Å²) in [6, 6.07) is 2.49. The normalized spacial score (nSPS) is 15.0. The van der Waals surface area contributed by atoms with E-state index in [2.05, 4.69) is 20.7 Å². The first kappa shape index (κ1) is 15.6. The molecule has 21 heavy (non-hydrogen) atoms. The van der Waals surface area contributed by atoms with E-state index in [0.29, 0.717) is 36.2 Å². The van der Waals surface area contributed by atoms with Crippen LogP contribution in [0.5, 0.6) is 0 Å². The number of halogens is 2. The lowest BCUT2D eigenvalue weighted by atomic mass is 10.1. The van der Waals surface area contributed by atoms with Gasteiger partial charge in [0.15, 0.2) is 0 Å².